The minimum Gasteiger partial charge on any atom is -0.496 e. The van der Waals surface area contributed by atoms with Crippen LogP contribution >= 0.6 is 0 Å². The first-order chi connectivity index (χ1) is 11.7. The SMILES string of the molecule is COc1ccccc1-c1cn(CCC#N)c(-c2ccc(F)cc2)n1. The summed E-state index contributed by atoms with van der Waals surface area (Å²) in [5.74, 6) is 1.14. The Balaban J connectivity index is 2.09. The number of aromatic nitrogens is 2. The van der Waals surface area contributed by atoms with Gasteiger partial charge in [-0.05, 0) is 36.4 Å². The van der Waals surface area contributed by atoms with E-state index in [0.717, 1.165) is 22.6 Å². The van der Waals surface area contributed by atoms with Gasteiger partial charge in [-0.1, -0.05) is 12.1 Å². The van der Waals surface area contributed by atoms with Gasteiger partial charge in [0.2, 0.25) is 0 Å². The van der Waals surface area contributed by atoms with Crippen molar-refractivity contribution in [2.45, 2.75) is 13.0 Å². The van der Waals surface area contributed by atoms with Crippen molar-refractivity contribution in [3.63, 3.8) is 0 Å². The Hall–Kier alpha value is -3.13. The lowest BCUT2D eigenvalue weighted by Gasteiger charge is -2.05. The number of para-hydroxylation sites is 1. The highest BCUT2D eigenvalue weighted by molar-refractivity contribution is 5.70. The Morgan fingerprint density at radius 1 is 1.17 bits per heavy atom. The van der Waals surface area contributed by atoms with E-state index in [9.17, 15) is 4.39 Å². The van der Waals surface area contributed by atoms with Gasteiger partial charge < -0.3 is 9.30 Å². The lowest BCUT2D eigenvalue weighted by Crippen LogP contribution is -1.98. The van der Waals surface area contributed by atoms with Crippen LogP contribution in [0.5, 0.6) is 5.75 Å². The smallest absolute Gasteiger partial charge is 0.140 e. The van der Waals surface area contributed by atoms with E-state index in [1.807, 2.05) is 35.0 Å². The zero-order valence-electron chi connectivity index (χ0n) is 13.2. The van der Waals surface area contributed by atoms with Crippen molar-refractivity contribution in [3.05, 3.63) is 60.5 Å². The van der Waals surface area contributed by atoms with Gasteiger partial charge in [-0.2, -0.15) is 5.26 Å². The third-order valence-corrected chi connectivity index (χ3v) is 3.73. The molecule has 24 heavy (non-hydrogen) atoms. The molecule has 4 nitrogen and oxygen atoms in total. The minimum absolute atomic E-state index is 0.293. The molecule has 0 atom stereocenters. The molecule has 5 heteroatoms. The van der Waals surface area contributed by atoms with E-state index in [4.69, 9.17) is 15.0 Å². The topological polar surface area (TPSA) is 50.8 Å². The molecular weight excluding hydrogens is 305 g/mol. The molecule has 0 bridgehead atoms. The van der Waals surface area contributed by atoms with Crippen molar-refractivity contribution in [1.82, 2.24) is 9.55 Å². The van der Waals surface area contributed by atoms with E-state index < -0.39 is 0 Å². The summed E-state index contributed by atoms with van der Waals surface area (Å²) in [6, 6.07) is 16.0. The Morgan fingerprint density at radius 3 is 2.62 bits per heavy atom. The van der Waals surface area contributed by atoms with Crippen molar-refractivity contribution in [2.75, 3.05) is 7.11 Å². The third-order valence-electron chi connectivity index (χ3n) is 3.73. The van der Waals surface area contributed by atoms with Crippen LogP contribution in [0.25, 0.3) is 22.6 Å². The van der Waals surface area contributed by atoms with Crippen LogP contribution in [0.3, 0.4) is 0 Å². The molecule has 0 aliphatic rings. The van der Waals surface area contributed by atoms with Crippen LogP contribution in [0.1, 0.15) is 6.42 Å². The number of hydrogen-bond donors (Lipinski definition) is 0. The van der Waals surface area contributed by atoms with Crippen molar-refractivity contribution in [2.24, 2.45) is 0 Å². The molecule has 3 aromatic rings. The molecule has 120 valence electrons. The molecular formula is C19H16FN3O. The molecule has 0 aliphatic heterocycles. The molecule has 3 rings (SSSR count). The summed E-state index contributed by atoms with van der Waals surface area (Å²) < 4.78 is 20.5. The zero-order chi connectivity index (χ0) is 16.9. The highest BCUT2D eigenvalue weighted by atomic mass is 19.1. The molecule has 0 unspecified atom stereocenters. The Bertz CT molecular complexity index is 878. The fourth-order valence-electron chi connectivity index (χ4n) is 2.57. The van der Waals surface area contributed by atoms with E-state index in [1.54, 1.807) is 19.2 Å². The Morgan fingerprint density at radius 2 is 1.92 bits per heavy atom. The minimum atomic E-state index is -0.293. The number of halogens is 1. The van der Waals surface area contributed by atoms with Gasteiger partial charge in [-0.25, -0.2) is 9.37 Å². The number of nitrogens with zero attached hydrogens (tertiary/aromatic N) is 3. The molecule has 0 radical (unpaired) electrons. The van der Waals surface area contributed by atoms with Crippen LogP contribution in [0.15, 0.2) is 54.7 Å². The van der Waals surface area contributed by atoms with E-state index in [2.05, 4.69) is 6.07 Å². The highest BCUT2D eigenvalue weighted by Crippen LogP contribution is 2.31. The molecule has 1 aromatic heterocycles. The fraction of sp³-hybridized carbons (Fsp3) is 0.158. The van der Waals surface area contributed by atoms with Crippen LogP contribution in [0.4, 0.5) is 4.39 Å². The second-order valence-electron chi connectivity index (χ2n) is 5.26. The Kier molecular flexibility index (Phi) is 4.57. The monoisotopic (exact) mass is 321 g/mol. The molecule has 0 aliphatic carbocycles. The van der Waals surface area contributed by atoms with E-state index in [-0.39, 0.29) is 5.82 Å². The standard InChI is InChI=1S/C19H16FN3O/c1-24-18-6-3-2-5-16(18)17-13-23(12-4-11-21)19(22-17)14-7-9-15(20)10-8-14/h2-3,5-10,13H,4,12H2,1H3. The van der Waals surface area contributed by atoms with Crippen molar-refractivity contribution >= 4 is 0 Å². The molecule has 0 amide bonds. The number of imidazole rings is 1. The molecule has 0 saturated carbocycles. The number of ether oxygens (including phenoxy) is 1. The first kappa shape index (κ1) is 15.8. The van der Waals surface area contributed by atoms with Gasteiger partial charge in [0.25, 0.3) is 0 Å². The summed E-state index contributed by atoms with van der Waals surface area (Å²) in [4.78, 5) is 4.69. The van der Waals surface area contributed by atoms with Crippen LogP contribution in [-0.4, -0.2) is 16.7 Å². The van der Waals surface area contributed by atoms with Gasteiger partial charge in [0, 0.05) is 23.9 Å². The molecule has 0 N–H and O–H groups in total. The molecule has 0 spiro atoms. The maximum atomic E-state index is 13.2. The number of nitriles is 1. The van der Waals surface area contributed by atoms with Crippen molar-refractivity contribution in [3.8, 4) is 34.5 Å². The lowest BCUT2D eigenvalue weighted by atomic mass is 10.1. The number of benzene rings is 2. The number of aryl methyl sites for hydroxylation is 1. The number of methoxy groups -OCH3 is 1. The van der Waals surface area contributed by atoms with Crippen LogP contribution < -0.4 is 4.74 Å². The van der Waals surface area contributed by atoms with Crippen LogP contribution in [-0.2, 0) is 6.54 Å². The average Bonchev–Trinajstić information content (AvgIpc) is 3.04. The van der Waals surface area contributed by atoms with Gasteiger partial charge in [-0.15, -0.1) is 0 Å². The van der Waals surface area contributed by atoms with E-state index in [1.165, 1.54) is 12.1 Å². The summed E-state index contributed by atoms with van der Waals surface area (Å²) in [5, 5.41) is 8.88. The largest absolute Gasteiger partial charge is 0.496 e. The average molecular weight is 321 g/mol. The highest BCUT2D eigenvalue weighted by Gasteiger charge is 2.14. The predicted octanol–water partition coefficient (Wildman–Crippen LogP) is 4.28. The third kappa shape index (κ3) is 3.13. The van der Waals surface area contributed by atoms with Crippen molar-refractivity contribution < 1.29 is 9.13 Å². The summed E-state index contributed by atoms with van der Waals surface area (Å²) in [7, 11) is 1.62. The molecule has 0 saturated heterocycles. The fourth-order valence-corrected chi connectivity index (χ4v) is 2.57. The van der Waals surface area contributed by atoms with E-state index >= 15 is 0 Å². The normalized spacial score (nSPS) is 10.4. The van der Waals surface area contributed by atoms with Gasteiger partial charge in [-0.3, -0.25) is 0 Å². The maximum Gasteiger partial charge on any atom is 0.140 e. The van der Waals surface area contributed by atoms with Gasteiger partial charge >= 0.3 is 0 Å². The second kappa shape index (κ2) is 6.97. The van der Waals surface area contributed by atoms with Crippen LogP contribution in [0, 0.1) is 17.1 Å². The summed E-state index contributed by atoms with van der Waals surface area (Å²) in [6.45, 7) is 0.519. The zero-order valence-corrected chi connectivity index (χ0v) is 13.2. The summed E-state index contributed by atoms with van der Waals surface area (Å²) >= 11 is 0. The van der Waals surface area contributed by atoms with Gasteiger partial charge in [0.1, 0.15) is 17.4 Å². The predicted molar refractivity (Wildman–Crippen MR) is 89.8 cm³/mol. The molecule has 1 heterocycles. The summed E-state index contributed by atoms with van der Waals surface area (Å²) in [5.41, 5.74) is 2.43. The molecule has 0 fully saturated rings. The Labute approximate surface area is 139 Å². The van der Waals surface area contributed by atoms with E-state index in [0.29, 0.717) is 18.8 Å². The van der Waals surface area contributed by atoms with Gasteiger partial charge in [0.15, 0.2) is 0 Å². The van der Waals surface area contributed by atoms with Gasteiger partial charge in [0.05, 0.1) is 25.3 Å². The first-order valence-corrected chi connectivity index (χ1v) is 7.56. The van der Waals surface area contributed by atoms with Crippen molar-refractivity contribution in [1.29, 1.82) is 5.26 Å². The quantitative estimate of drug-likeness (QED) is 0.705. The molecule has 2 aromatic carbocycles. The number of rotatable bonds is 5. The number of hydrogen-bond acceptors (Lipinski definition) is 3. The summed E-state index contributed by atoms with van der Waals surface area (Å²) in [6.07, 6.45) is 2.27. The lowest BCUT2D eigenvalue weighted by molar-refractivity contribution is 0.416. The maximum absolute atomic E-state index is 13.2. The van der Waals surface area contributed by atoms with Crippen LogP contribution in [0.2, 0.25) is 0 Å². The first-order valence-electron chi connectivity index (χ1n) is 7.56. The second-order valence-corrected chi connectivity index (χ2v) is 5.26.